The zero-order valence-electron chi connectivity index (χ0n) is 21.0. The first-order valence-electron chi connectivity index (χ1n) is 11.5. The van der Waals surface area contributed by atoms with Gasteiger partial charge in [-0.3, -0.25) is 4.98 Å². The maximum Gasteiger partial charge on any atom is 0.339 e. The topological polar surface area (TPSA) is 174 Å². The molecule has 0 saturated carbocycles. The highest BCUT2D eigenvalue weighted by atomic mass is 35.5. The highest BCUT2D eigenvalue weighted by molar-refractivity contribution is 6.32. The van der Waals surface area contributed by atoms with Crippen LogP contribution in [0, 0.1) is 5.82 Å². The summed E-state index contributed by atoms with van der Waals surface area (Å²) < 4.78 is 34.7. The van der Waals surface area contributed by atoms with Crippen molar-refractivity contribution in [2.45, 2.75) is 24.4 Å². The van der Waals surface area contributed by atoms with Gasteiger partial charge >= 0.3 is 5.97 Å². The minimum atomic E-state index is -1.85. The average molecular weight is 567 g/mol. The Labute approximate surface area is 228 Å². The molecular formula is C26H28ClFN2O9. The second-order valence-electron chi connectivity index (χ2n) is 8.36. The summed E-state index contributed by atoms with van der Waals surface area (Å²) in [5.74, 6) is -0.837. The number of carbonyl (C=O) groups is 1. The molecule has 0 unspecified atom stereocenters. The van der Waals surface area contributed by atoms with Gasteiger partial charge in [-0.25, -0.2) is 9.18 Å². The number of esters is 1. The number of hydrogen-bond donors (Lipinski definition) is 5. The van der Waals surface area contributed by atoms with Crippen molar-refractivity contribution < 1.29 is 48.6 Å². The Morgan fingerprint density at radius 2 is 1.64 bits per heavy atom. The van der Waals surface area contributed by atoms with Gasteiger partial charge < -0.3 is 45.1 Å². The van der Waals surface area contributed by atoms with E-state index in [4.69, 9.17) is 31.5 Å². The van der Waals surface area contributed by atoms with Crippen LogP contribution in [0.5, 0.6) is 17.2 Å². The van der Waals surface area contributed by atoms with Gasteiger partial charge in [0.25, 0.3) is 0 Å². The van der Waals surface area contributed by atoms with Gasteiger partial charge in [0.1, 0.15) is 60.7 Å². The van der Waals surface area contributed by atoms with Crippen molar-refractivity contribution in [3.05, 3.63) is 65.1 Å². The summed E-state index contributed by atoms with van der Waals surface area (Å²) in [5.41, 5.74) is 6.89. The third-order valence-corrected chi connectivity index (χ3v) is 5.90. The Morgan fingerprint density at radius 1 is 0.974 bits per heavy atom. The summed E-state index contributed by atoms with van der Waals surface area (Å²) in [7, 11) is 2.63. The monoisotopic (exact) mass is 566 g/mol. The van der Waals surface area contributed by atoms with Crippen LogP contribution in [-0.4, -0.2) is 83.2 Å². The number of nitrogen functional groups attached to an aromatic ring is 1. The number of halogens is 2. The van der Waals surface area contributed by atoms with E-state index in [-0.39, 0.29) is 33.5 Å². The number of aromatic nitrogens is 1. The number of nitrogens with two attached hydrogens (primary N) is 1. The molecule has 39 heavy (non-hydrogen) atoms. The summed E-state index contributed by atoms with van der Waals surface area (Å²) in [6.45, 7) is -1.04. The number of ether oxygens (including phenoxy) is 4. The number of benzene rings is 2. The molecular weight excluding hydrogens is 539 g/mol. The standard InChI is InChI=1S/C26H28ClFN2O9/c1-36-23-9-22(17(27)8-18(23)29)39-12-21(32)25(34)24(33)20(31)11-38-16-6-14(5-15(28)7-16)19-4-3-13(10-30-19)26(35)37-2/h3-10,20-21,24-25,31-34H,11-12,29H2,1-2H3/t20-,21-,24-,25-/m1/s1. The van der Waals surface area contributed by atoms with Crippen molar-refractivity contribution in [1.82, 2.24) is 4.98 Å². The van der Waals surface area contributed by atoms with E-state index in [0.717, 1.165) is 6.07 Å². The van der Waals surface area contributed by atoms with Crippen LogP contribution in [0.4, 0.5) is 10.1 Å². The molecule has 0 radical (unpaired) electrons. The summed E-state index contributed by atoms with van der Waals surface area (Å²) in [5, 5.41) is 41.3. The lowest BCUT2D eigenvalue weighted by Gasteiger charge is -2.26. The molecule has 3 rings (SSSR count). The maximum absolute atomic E-state index is 14.2. The predicted octanol–water partition coefficient (Wildman–Crippen LogP) is 1.82. The average Bonchev–Trinajstić information content (AvgIpc) is 2.93. The molecule has 1 heterocycles. The first kappa shape index (κ1) is 29.9. The third-order valence-electron chi connectivity index (χ3n) is 5.60. The summed E-state index contributed by atoms with van der Waals surface area (Å²) in [4.78, 5) is 15.7. The van der Waals surface area contributed by atoms with Crippen molar-refractivity contribution >= 4 is 23.3 Å². The minimum absolute atomic E-state index is 0.000376. The van der Waals surface area contributed by atoms with Gasteiger partial charge in [0.15, 0.2) is 0 Å². The Balaban J connectivity index is 1.59. The fraction of sp³-hybridized carbons (Fsp3) is 0.308. The van der Waals surface area contributed by atoms with Crippen LogP contribution in [0.25, 0.3) is 11.3 Å². The molecule has 11 nitrogen and oxygen atoms in total. The van der Waals surface area contributed by atoms with Gasteiger partial charge in [-0.15, -0.1) is 0 Å². The lowest BCUT2D eigenvalue weighted by atomic mass is 10.0. The van der Waals surface area contributed by atoms with E-state index in [0.29, 0.717) is 11.3 Å². The number of aliphatic hydroxyl groups is 4. The summed E-state index contributed by atoms with van der Waals surface area (Å²) >= 11 is 6.06. The van der Waals surface area contributed by atoms with Crippen LogP contribution in [0.1, 0.15) is 10.4 Å². The lowest BCUT2D eigenvalue weighted by Crippen LogP contribution is -2.48. The molecule has 0 spiro atoms. The first-order chi connectivity index (χ1) is 18.5. The number of aliphatic hydroxyl groups excluding tert-OH is 4. The van der Waals surface area contributed by atoms with E-state index in [1.807, 2.05) is 0 Å². The van der Waals surface area contributed by atoms with Gasteiger partial charge in [-0.2, -0.15) is 0 Å². The Bertz CT molecular complexity index is 1280. The largest absolute Gasteiger partial charge is 0.494 e. The second kappa shape index (κ2) is 13.4. The van der Waals surface area contributed by atoms with Crippen LogP contribution in [-0.2, 0) is 4.74 Å². The number of methoxy groups -OCH3 is 2. The second-order valence-corrected chi connectivity index (χ2v) is 8.77. The van der Waals surface area contributed by atoms with Gasteiger partial charge in [-0.05, 0) is 30.3 Å². The van der Waals surface area contributed by atoms with Crippen molar-refractivity contribution in [3.8, 4) is 28.5 Å². The molecule has 0 aliphatic carbocycles. The predicted molar refractivity (Wildman–Crippen MR) is 138 cm³/mol. The van der Waals surface area contributed by atoms with Crippen molar-refractivity contribution in [3.63, 3.8) is 0 Å². The van der Waals surface area contributed by atoms with E-state index in [1.165, 1.54) is 56.8 Å². The van der Waals surface area contributed by atoms with E-state index in [1.54, 1.807) is 0 Å². The van der Waals surface area contributed by atoms with Crippen molar-refractivity contribution in [2.75, 3.05) is 33.2 Å². The molecule has 3 aromatic rings. The summed E-state index contributed by atoms with van der Waals surface area (Å²) in [6.07, 6.45) is -5.70. The maximum atomic E-state index is 14.2. The molecule has 2 aromatic carbocycles. The lowest BCUT2D eigenvalue weighted by molar-refractivity contribution is -0.119. The van der Waals surface area contributed by atoms with Crippen molar-refractivity contribution in [2.24, 2.45) is 0 Å². The molecule has 0 fully saturated rings. The fourth-order valence-electron chi connectivity index (χ4n) is 3.44. The van der Waals surface area contributed by atoms with Crippen LogP contribution < -0.4 is 19.9 Å². The number of hydrogen-bond acceptors (Lipinski definition) is 11. The van der Waals surface area contributed by atoms with E-state index in [9.17, 15) is 29.6 Å². The van der Waals surface area contributed by atoms with E-state index in [2.05, 4.69) is 9.72 Å². The smallest absolute Gasteiger partial charge is 0.339 e. The number of anilines is 1. The number of carbonyl (C=O) groups excluding carboxylic acids is 1. The molecule has 0 bridgehead atoms. The minimum Gasteiger partial charge on any atom is -0.494 e. The highest BCUT2D eigenvalue weighted by Gasteiger charge is 2.31. The molecule has 0 aliphatic heterocycles. The first-order valence-corrected chi connectivity index (χ1v) is 11.9. The Hall–Kier alpha value is -3.68. The van der Waals surface area contributed by atoms with E-state index >= 15 is 0 Å². The van der Waals surface area contributed by atoms with Gasteiger partial charge in [0.2, 0.25) is 0 Å². The van der Waals surface area contributed by atoms with Crippen LogP contribution in [0.3, 0.4) is 0 Å². The SMILES string of the molecule is COC(=O)c1ccc(-c2cc(F)cc(OC[C@@H](O)[C@@H](O)[C@H](O)[C@H](O)COc3cc(OC)c(N)cc3Cl)c2)nc1. The van der Waals surface area contributed by atoms with Crippen LogP contribution in [0.2, 0.25) is 5.02 Å². The molecule has 1 aromatic heterocycles. The fourth-order valence-corrected chi connectivity index (χ4v) is 3.67. The molecule has 0 saturated heterocycles. The molecule has 210 valence electrons. The van der Waals surface area contributed by atoms with E-state index < -0.39 is 49.4 Å². The van der Waals surface area contributed by atoms with Crippen LogP contribution >= 0.6 is 11.6 Å². The Kier molecular flexibility index (Phi) is 10.3. The number of rotatable bonds is 12. The quantitative estimate of drug-likeness (QED) is 0.160. The normalized spacial score (nSPS) is 14.2. The molecule has 6 N–H and O–H groups in total. The van der Waals surface area contributed by atoms with Gasteiger partial charge in [0.05, 0.1) is 36.2 Å². The number of nitrogens with zero attached hydrogens (tertiary/aromatic N) is 1. The summed E-state index contributed by atoms with van der Waals surface area (Å²) in [6, 6.07) is 9.43. The van der Waals surface area contributed by atoms with Gasteiger partial charge in [-0.1, -0.05) is 11.6 Å². The third kappa shape index (κ3) is 7.68. The highest BCUT2D eigenvalue weighted by Crippen LogP contribution is 2.34. The zero-order chi connectivity index (χ0) is 28.7. The zero-order valence-corrected chi connectivity index (χ0v) is 21.7. The molecule has 0 amide bonds. The van der Waals surface area contributed by atoms with Crippen molar-refractivity contribution in [1.29, 1.82) is 0 Å². The molecule has 4 atom stereocenters. The van der Waals surface area contributed by atoms with Crippen LogP contribution in [0.15, 0.2) is 48.7 Å². The van der Waals surface area contributed by atoms with Gasteiger partial charge in [0, 0.05) is 23.9 Å². The molecule has 0 aliphatic rings. The number of pyridine rings is 1. The molecule has 13 heteroatoms. The Morgan fingerprint density at radius 3 is 2.23 bits per heavy atom.